The number of aromatic nitrogens is 1. The van der Waals surface area contributed by atoms with Crippen LogP contribution < -0.4 is 5.32 Å². The number of nitrogens with zero attached hydrogens (tertiary/aromatic N) is 3. The monoisotopic (exact) mass is 398 g/mol. The van der Waals surface area contributed by atoms with Crippen LogP contribution in [0.2, 0.25) is 5.02 Å². The van der Waals surface area contributed by atoms with E-state index < -0.39 is 10.0 Å². The van der Waals surface area contributed by atoms with Crippen molar-refractivity contribution < 1.29 is 17.7 Å². The van der Waals surface area contributed by atoms with Crippen LogP contribution in [0.5, 0.6) is 0 Å². The van der Waals surface area contributed by atoms with E-state index in [-0.39, 0.29) is 42.9 Å². The minimum Gasteiger partial charge on any atom is -0.360 e. The molecule has 26 heavy (non-hydrogen) atoms. The number of anilines is 1. The van der Waals surface area contributed by atoms with Gasteiger partial charge in [-0.3, -0.25) is 0 Å². The number of nitrogens with one attached hydrogen (secondary N) is 1. The second-order valence-electron chi connectivity index (χ2n) is 5.95. The molecule has 1 aliphatic rings. The summed E-state index contributed by atoms with van der Waals surface area (Å²) in [4.78, 5) is 14.0. The van der Waals surface area contributed by atoms with E-state index in [4.69, 9.17) is 16.1 Å². The molecule has 0 radical (unpaired) electrons. The average Bonchev–Trinajstić information content (AvgIpc) is 2.96. The van der Waals surface area contributed by atoms with Gasteiger partial charge in [-0.15, -0.1) is 0 Å². The first-order valence-corrected chi connectivity index (χ1v) is 9.86. The molecule has 10 heteroatoms. The number of benzene rings is 1. The van der Waals surface area contributed by atoms with Crippen molar-refractivity contribution in [2.75, 3.05) is 31.5 Å². The smallest absolute Gasteiger partial charge is 0.321 e. The molecule has 0 saturated carbocycles. The van der Waals surface area contributed by atoms with Gasteiger partial charge in [0.1, 0.15) is 10.6 Å². The Balaban J connectivity index is 1.66. The van der Waals surface area contributed by atoms with Crippen LogP contribution in [0.25, 0.3) is 0 Å². The van der Waals surface area contributed by atoms with Crippen LogP contribution >= 0.6 is 11.6 Å². The van der Waals surface area contributed by atoms with Gasteiger partial charge in [-0.2, -0.15) is 4.31 Å². The first-order valence-electron chi connectivity index (χ1n) is 8.04. The Bertz CT molecular complexity index is 901. The molecular weight excluding hydrogens is 380 g/mol. The number of aryl methyl sites for hydroxylation is 2. The van der Waals surface area contributed by atoms with Gasteiger partial charge in [0.05, 0.1) is 10.7 Å². The van der Waals surface area contributed by atoms with Crippen molar-refractivity contribution in [2.45, 2.75) is 18.7 Å². The van der Waals surface area contributed by atoms with Crippen LogP contribution in [-0.4, -0.2) is 55.0 Å². The SMILES string of the molecule is Cc1noc(C)c1S(=O)(=O)N1CCN(C(=O)Nc2ccccc2Cl)CC1. The van der Waals surface area contributed by atoms with E-state index in [0.717, 1.165) is 0 Å². The van der Waals surface area contributed by atoms with Crippen molar-refractivity contribution in [2.24, 2.45) is 0 Å². The topological polar surface area (TPSA) is 95.8 Å². The molecule has 0 atom stereocenters. The highest BCUT2D eigenvalue weighted by Crippen LogP contribution is 2.25. The Morgan fingerprint density at radius 3 is 2.42 bits per heavy atom. The number of sulfonamides is 1. The first kappa shape index (κ1) is 18.7. The van der Waals surface area contributed by atoms with Crippen molar-refractivity contribution in [1.82, 2.24) is 14.4 Å². The summed E-state index contributed by atoms with van der Waals surface area (Å²) < 4.78 is 31.9. The fraction of sp³-hybridized carbons (Fsp3) is 0.375. The number of urea groups is 1. The molecular formula is C16H19ClN4O4S. The lowest BCUT2D eigenvalue weighted by atomic mass is 10.3. The Labute approximate surface area is 156 Å². The van der Waals surface area contributed by atoms with Gasteiger partial charge < -0.3 is 14.7 Å². The number of hydrogen-bond acceptors (Lipinski definition) is 5. The molecule has 1 saturated heterocycles. The third kappa shape index (κ3) is 3.55. The molecule has 1 N–H and O–H groups in total. The lowest BCUT2D eigenvalue weighted by molar-refractivity contribution is 0.184. The van der Waals surface area contributed by atoms with Crippen LogP contribution in [0.4, 0.5) is 10.5 Å². The number of carbonyl (C=O) groups excluding carboxylic acids is 1. The van der Waals surface area contributed by atoms with Gasteiger partial charge in [0.2, 0.25) is 10.0 Å². The Kier molecular flexibility index (Phi) is 5.22. The zero-order chi connectivity index (χ0) is 18.9. The molecule has 0 unspecified atom stereocenters. The average molecular weight is 399 g/mol. The number of hydrogen-bond donors (Lipinski definition) is 1. The third-order valence-electron chi connectivity index (χ3n) is 4.21. The minimum atomic E-state index is -3.70. The number of carbonyl (C=O) groups is 1. The fourth-order valence-corrected chi connectivity index (χ4v) is 4.76. The second-order valence-corrected chi connectivity index (χ2v) is 8.24. The van der Waals surface area contributed by atoms with Crippen LogP contribution in [0.15, 0.2) is 33.7 Å². The quantitative estimate of drug-likeness (QED) is 0.856. The summed E-state index contributed by atoms with van der Waals surface area (Å²) in [6, 6.07) is 6.63. The zero-order valence-corrected chi connectivity index (χ0v) is 16.0. The van der Waals surface area contributed by atoms with E-state index in [1.54, 1.807) is 43.0 Å². The van der Waals surface area contributed by atoms with Crippen molar-refractivity contribution in [1.29, 1.82) is 0 Å². The number of piperazine rings is 1. The Morgan fingerprint density at radius 1 is 1.19 bits per heavy atom. The maximum Gasteiger partial charge on any atom is 0.321 e. The molecule has 1 aliphatic heterocycles. The van der Waals surface area contributed by atoms with E-state index in [9.17, 15) is 13.2 Å². The molecule has 1 aromatic carbocycles. The van der Waals surface area contributed by atoms with Crippen LogP contribution in [0, 0.1) is 13.8 Å². The molecule has 8 nitrogen and oxygen atoms in total. The minimum absolute atomic E-state index is 0.103. The second kappa shape index (κ2) is 7.26. The molecule has 2 aromatic rings. The van der Waals surface area contributed by atoms with Crippen molar-refractivity contribution >= 4 is 33.3 Å². The summed E-state index contributed by atoms with van der Waals surface area (Å²) in [5.41, 5.74) is 0.853. The van der Waals surface area contributed by atoms with Gasteiger partial charge in [-0.25, -0.2) is 13.2 Å². The molecule has 1 aromatic heterocycles. The molecule has 2 amide bonds. The van der Waals surface area contributed by atoms with E-state index in [0.29, 0.717) is 16.4 Å². The van der Waals surface area contributed by atoms with E-state index in [1.807, 2.05) is 0 Å². The van der Waals surface area contributed by atoms with E-state index in [1.165, 1.54) is 4.31 Å². The summed E-state index contributed by atoms with van der Waals surface area (Å²) in [5, 5.41) is 6.89. The Hall–Kier alpha value is -2.10. The molecule has 0 aliphatic carbocycles. The first-order chi connectivity index (χ1) is 12.3. The normalized spacial score (nSPS) is 15.9. The van der Waals surface area contributed by atoms with Gasteiger partial charge in [0.25, 0.3) is 0 Å². The number of rotatable bonds is 3. The van der Waals surface area contributed by atoms with Crippen molar-refractivity contribution in [3.8, 4) is 0 Å². The summed E-state index contributed by atoms with van der Waals surface area (Å²) in [6.07, 6.45) is 0. The summed E-state index contributed by atoms with van der Waals surface area (Å²) in [7, 11) is -3.70. The maximum atomic E-state index is 12.8. The number of para-hydroxylation sites is 1. The molecule has 140 valence electrons. The largest absolute Gasteiger partial charge is 0.360 e. The van der Waals surface area contributed by atoms with Gasteiger partial charge in [-0.1, -0.05) is 28.9 Å². The molecule has 2 heterocycles. The van der Waals surface area contributed by atoms with Crippen LogP contribution in [0.3, 0.4) is 0 Å². The molecule has 3 rings (SSSR count). The van der Waals surface area contributed by atoms with E-state index in [2.05, 4.69) is 10.5 Å². The summed E-state index contributed by atoms with van der Waals surface area (Å²) in [6.45, 7) is 4.11. The highest BCUT2D eigenvalue weighted by atomic mass is 35.5. The lowest BCUT2D eigenvalue weighted by Gasteiger charge is -2.33. The van der Waals surface area contributed by atoms with Gasteiger partial charge in [-0.05, 0) is 26.0 Å². The fourth-order valence-electron chi connectivity index (χ4n) is 2.86. The molecule has 1 fully saturated rings. The highest BCUT2D eigenvalue weighted by molar-refractivity contribution is 7.89. The van der Waals surface area contributed by atoms with E-state index >= 15 is 0 Å². The summed E-state index contributed by atoms with van der Waals surface area (Å²) >= 11 is 6.04. The van der Waals surface area contributed by atoms with Crippen LogP contribution in [0.1, 0.15) is 11.5 Å². The third-order valence-corrected chi connectivity index (χ3v) is 6.68. The Morgan fingerprint density at radius 2 is 1.85 bits per heavy atom. The zero-order valence-electron chi connectivity index (χ0n) is 14.4. The predicted molar refractivity (Wildman–Crippen MR) is 96.8 cm³/mol. The standard InChI is InChI=1S/C16H19ClN4O4S/c1-11-15(12(2)25-19-11)26(23,24)21-9-7-20(8-10-21)16(22)18-14-6-4-3-5-13(14)17/h3-6H,7-10H2,1-2H3,(H,18,22). The highest BCUT2D eigenvalue weighted by Gasteiger charge is 2.34. The van der Waals surface area contributed by atoms with Crippen molar-refractivity contribution in [3.63, 3.8) is 0 Å². The summed E-state index contributed by atoms with van der Waals surface area (Å²) in [5.74, 6) is 0.265. The number of amides is 2. The maximum absolute atomic E-state index is 12.8. The predicted octanol–water partition coefficient (Wildman–Crippen LogP) is 2.48. The van der Waals surface area contributed by atoms with Gasteiger partial charge >= 0.3 is 6.03 Å². The number of halogens is 1. The lowest BCUT2D eigenvalue weighted by Crippen LogP contribution is -2.51. The van der Waals surface area contributed by atoms with Gasteiger partial charge in [0, 0.05) is 26.2 Å². The van der Waals surface area contributed by atoms with Crippen molar-refractivity contribution in [3.05, 3.63) is 40.7 Å². The molecule has 0 bridgehead atoms. The van der Waals surface area contributed by atoms with Gasteiger partial charge in [0.15, 0.2) is 5.76 Å². The molecule has 0 spiro atoms. The van der Waals surface area contributed by atoms with Crippen LogP contribution in [-0.2, 0) is 10.0 Å².